The number of benzene rings is 8. The molecule has 0 N–H and O–H groups in total. The lowest BCUT2D eigenvalue weighted by molar-refractivity contribution is 1.17. The summed E-state index contributed by atoms with van der Waals surface area (Å²) in [6, 6.07) is 71.3. The third-order valence-electron chi connectivity index (χ3n) is 11.5. The molecule has 2 aliphatic rings. The third kappa shape index (κ3) is 4.45. The van der Waals surface area contributed by atoms with Crippen LogP contribution in [0.5, 0.6) is 0 Å². The fourth-order valence-corrected chi connectivity index (χ4v) is 10.6. The standard InChI is InChI=1S/C50H32BN3S/c1-3-15-33(16-4-1)34-17-13-20-36(31-34)54-45-27-14-26-44-48(45)51(50-49(54)40-23-9-12-28-47(40)55-50)41-30-29-37(32-46(41)52(44)35-18-5-2-6-19-35)53-42-24-10-7-21-38(42)39-22-8-11-25-43(39)53/h1-32H. The molecule has 55 heavy (non-hydrogen) atoms. The molecule has 5 heteroatoms. The minimum Gasteiger partial charge on any atom is -0.311 e. The molecule has 0 bridgehead atoms. The van der Waals surface area contributed by atoms with Gasteiger partial charge in [-0.25, -0.2) is 0 Å². The van der Waals surface area contributed by atoms with Crippen LogP contribution in [0.15, 0.2) is 194 Å². The Hall–Kier alpha value is -6.82. The van der Waals surface area contributed by atoms with Crippen LogP contribution < -0.4 is 25.5 Å². The van der Waals surface area contributed by atoms with Crippen LogP contribution in [0.2, 0.25) is 0 Å². The Labute approximate surface area is 323 Å². The van der Waals surface area contributed by atoms with Crippen LogP contribution in [0.1, 0.15) is 0 Å². The molecule has 0 fully saturated rings. The fourth-order valence-electron chi connectivity index (χ4n) is 9.27. The Morgan fingerprint density at radius 2 is 1.00 bits per heavy atom. The van der Waals surface area contributed by atoms with Gasteiger partial charge in [0.2, 0.25) is 0 Å². The maximum atomic E-state index is 2.54. The van der Waals surface area contributed by atoms with Gasteiger partial charge in [0.05, 0.1) is 16.7 Å². The van der Waals surface area contributed by atoms with Crippen molar-refractivity contribution in [1.29, 1.82) is 0 Å². The van der Waals surface area contributed by atoms with E-state index in [1.165, 1.54) is 81.5 Å². The van der Waals surface area contributed by atoms with Gasteiger partial charge in [0, 0.05) is 59.8 Å². The maximum Gasteiger partial charge on any atom is 0.264 e. The molecule has 0 atom stereocenters. The number of para-hydroxylation sites is 3. The SMILES string of the molecule is c1ccc(-c2cccc(N3c4cccc5c4B(c4ccc(-n6c7ccccc7c7ccccc76)cc4N5c4ccccc4)c4sc5ccccc5c43)c2)cc1. The van der Waals surface area contributed by atoms with E-state index in [-0.39, 0.29) is 6.71 Å². The fraction of sp³-hybridized carbons (Fsp3) is 0. The van der Waals surface area contributed by atoms with E-state index in [1.807, 2.05) is 11.3 Å². The van der Waals surface area contributed by atoms with Crippen LogP contribution in [0.25, 0.3) is 48.7 Å². The smallest absolute Gasteiger partial charge is 0.264 e. The first-order valence-corrected chi connectivity index (χ1v) is 19.7. The highest BCUT2D eigenvalue weighted by Crippen LogP contribution is 2.48. The number of rotatable bonds is 4. The van der Waals surface area contributed by atoms with E-state index in [4.69, 9.17) is 0 Å². The number of anilines is 6. The van der Waals surface area contributed by atoms with Crippen LogP contribution in [0, 0.1) is 0 Å². The summed E-state index contributed by atoms with van der Waals surface area (Å²) in [5.41, 5.74) is 15.9. The molecule has 0 spiro atoms. The number of nitrogens with zero attached hydrogens (tertiary/aromatic N) is 3. The first-order chi connectivity index (χ1) is 27.3. The number of thiophene rings is 1. The van der Waals surface area contributed by atoms with Crippen molar-refractivity contribution in [3.05, 3.63) is 194 Å². The quantitative estimate of drug-likeness (QED) is 0.168. The van der Waals surface area contributed by atoms with Crippen LogP contribution >= 0.6 is 11.3 Å². The molecule has 0 aliphatic carbocycles. The lowest BCUT2D eigenvalue weighted by atomic mass is 9.36. The third-order valence-corrected chi connectivity index (χ3v) is 12.8. The highest BCUT2D eigenvalue weighted by atomic mass is 32.1. The number of hydrogen-bond acceptors (Lipinski definition) is 3. The Morgan fingerprint density at radius 1 is 0.400 bits per heavy atom. The van der Waals surface area contributed by atoms with Gasteiger partial charge in [-0.3, -0.25) is 0 Å². The summed E-state index contributed by atoms with van der Waals surface area (Å²) in [4.78, 5) is 5.04. The normalized spacial score (nSPS) is 13.0. The van der Waals surface area contributed by atoms with E-state index < -0.39 is 0 Å². The van der Waals surface area contributed by atoms with Crippen molar-refractivity contribution in [2.75, 3.05) is 9.80 Å². The molecule has 0 unspecified atom stereocenters. The minimum atomic E-state index is 0.0642. The number of hydrogen-bond donors (Lipinski definition) is 0. The first kappa shape index (κ1) is 30.6. The summed E-state index contributed by atoms with van der Waals surface area (Å²) in [6.45, 7) is 0.0642. The van der Waals surface area contributed by atoms with Gasteiger partial charge in [-0.05, 0) is 88.8 Å². The average molecular weight is 718 g/mol. The molecule has 2 aliphatic heterocycles. The zero-order valence-electron chi connectivity index (χ0n) is 29.8. The molecular weight excluding hydrogens is 685 g/mol. The van der Waals surface area contributed by atoms with E-state index in [0.717, 1.165) is 17.1 Å². The van der Waals surface area contributed by atoms with Crippen LogP contribution in [-0.4, -0.2) is 11.3 Å². The molecule has 3 nitrogen and oxygen atoms in total. The second-order valence-electron chi connectivity index (χ2n) is 14.5. The van der Waals surface area contributed by atoms with Gasteiger partial charge in [-0.15, -0.1) is 11.3 Å². The Bertz CT molecular complexity index is 3080. The highest BCUT2D eigenvalue weighted by molar-refractivity contribution is 7.33. The number of aromatic nitrogens is 1. The zero-order chi connectivity index (χ0) is 36.0. The van der Waals surface area contributed by atoms with Gasteiger partial charge in [-0.1, -0.05) is 127 Å². The summed E-state index contributed by atoms with van der Waals surface area (Å²) in [7, 11) is 0. The minimum absolute atomic E-state index is 0.0642. The van der Waals surface area contributed by atoms with Crippen molar-refractivity contribution in [3.63, 3.8) is 0 Å². The summed E-state index contributed by atoms with van der Waals surface area (Å²) >= 11 is 1.94. The molecular formula is C50H32BN3S. The molecule has 8 aromatic carbocycles. The van der Waals surface area contributed by atoms with Gasteiger partial charge in [0.25, 0.3) is 6.71 Å². The monoisotopic (exact) mass is 717 g/mol. The van der Waals surface area contributed by atoms with Crippen LogP contribution in [0.4, 0.5) is 34.1 Å². The van der Waals surface area contributed by atoms with E-state index in [9.17, 15) is 0 Å². The van der Waals surface area contributed by atoms with E-state index >= 15 is 0 Å². The van der Waals surface area contributed by atoms with Gasteiger partial charge in [0.1, 0.15) is 0 Å². The molecule has 0 saturated carbocycles. The average Bonchev–Trinajstić information content (AvgIpc) is 3.80. The molecule has 0 radical (unpaired) electrons. The van der Waals surface area contributed by atoms with Gasteiger partial charge in [-0.2, -0.15) is 0 Å². The van der Waals surface area contributed by atoms with Crippen molar-refractivity contribution in [3.8, 4) is 16.8 Å². The summed E-state index contributed by atoms with van der Waals surface area (Å²) in [5.74, 6) is 0. The number of fused-ring (bicyclic) bond motifs is 9. The van der Waals surface area contributed by atoms with Crippen molar-refractivity contribution < 1.29 is 0 Å². The molecule has 256 valence electrons. The second-order valence-corrected chi connectivity index (χ2v) is 15.6. The summed E-state index contributed by atoms with van der Waals surface area (Å²) < 4.78 is 5.12. The molecule has 10 aromatic rings. The Kier molecular flexibility index (Phi) is 6.60. The maximum absolute atomic E-state index is 2.54. The lowest BCUT2D eigenvalue weighted by Crippen LogP contribution is -2.60. The van der Waals surface area contributed by atoms with Gasteiger partial charge in [0.15, 0.2) is 0 Å². The summed E-state index contributed by atoms with van der Waals surface area (Å²) in [5, 5.41) is 3.83. The van der Waals surface area contributed by atoms with Crippen molar-refractivity contribution >= 4 is 99.8 Å². The van der Waals surface area contributed by atoms with Gasteiger partial charge >= 0.3 is 0 Å². The largest absolute Gasteiger partial charge is 0.311 e. The van der Waals surface area contributed by atoms with E-state index in [1.54, 1.807) is 0 Å². The molecule has 4 heterocycles. The summed E-state index contributed by atoms with van der Waals surface area (Å²) in [6.07, 6.45) is 0. The van der Waals surface area contributed by atoms with E-state index in [2.05, 4.69) is 208 Å². The van der Waals surface area contributed by atoms with Crippen molar-refractivity contribution in [1.82, 2.24) is 4.57 Å². The highest BCUT2D eigenvalue weighted by Gasteiger charge is 2.45. The van der Waals surface area contributed by atoms with Crippen molar-refractivity contribution in [2.45, 2.75) is 0 Å². The predicted octanol–water partition coefficient (Wildman–Crippen LogP) is 11.7. The van der Waals surface area contributed by atoms with Crippen LogP contribution in [-0.2, 0) is 0 Å². The molecule has 12 rings (SSSR count). The Morgan fingerprint density at radius 3 is 1.76 bits per heavy atom. The van der Waals surface area contributed by atoms with Gasteiger partial charge < -0.3 is 14.4 Å². The Balaban J connectivity index is 1.15. The predicted molar refractivity (Wildman–Crippen MR) is 236 cm³/mol. The molecule has 0 saturated heterocycles. The lowest BCUT2D eigenvalue weighted by Gasteiger charge is -2.43. The second kappa shape index (κ2) is 11.8. The molecule has 0 amide bonds. The van der Waals surface area contributed by atoms with E-state index in [0.29, 0.717) is 0 Å². The zero-order valence-corrected chi connectivity index (χ0v) is 30.6. The first-order valence-electron chi connectivity index (χ1n) is 18.9. The topological polar surface area (TPSA) is 11.4 Å². The molecule has 2 aromatic heterocycles. The van der Waals surface area contributed by atoms with Crippen LogP contribution in [0.3, 0.4) is 0 Å². The van der Waals surface area contributed by atoms with Crippen molar-refractivity contribution in [2.24, 2.45) is 0 Å².